The number of aryl methyl sites for hydroxylation is 2. The number of nitrogens with zero attached hydrogens (tertiary/aromatic N) is 1. The quantitative estimate of drug-likeness (QED) is 0.293. The van der Waals surface area contributed by atoms with Gasteiger partial charge in [0, 0.05) is 18.2 Å². The maximum absolute atomic E-state index is 14.3. The van der Waals surface area contributed by atoms with Gasteiger partial charge in [0.05, 0.1) is 0 Å². The Labute approximate surface area is 247 Å². The van der Waals surface area contributed by atoms with E-state index in [1.54, 1.807) is 34.6 Å². The van der Waals surface area contributed by atoms with Crippen LogP contribution in [0.15, 0.2) is 60.7 Å². The first-order valence-electron chi connectivity index (χ1n) is 14.1. The first kappa shape index (κ1) is 32.1. The minimum atomic E-state index is -1.16. The number of ether oxygens (including phenoxy) is 1. The minimum absolute atomic E-state index is 0.0531. The third-order valence-corrected chi connectivity index (χ3v) is 6.75. The second-order valence-corrected chi connectivity index (χ2v) is 11.9. The number of amides is 4. The van der Waals surface area contributed by atoms with Gasteiger partial charge >= 0.3 is 6.09 Å². The Hall–Kier alpha value is -4.40. The second kappa shape index (κ2) is 13.5. The van der Waals surface area contributed by atoms with E-state index in [4.69, 9.17) is 10.5 Å². The number of rotatable bonds is 10. The number of anilines is 1. The molecule has 0 saturated carbocycles. The Kier molecular flexibility index (Phi) is 10.3. The summed E-state index contributed by atoms with van der Waals surface area (Å²) in [5.74, 6) is -1.56. The molecule has 0 aliphatic carbocycles. The number of nitrogens with one attached hydrogen (secondary N) is 2. The van der Waals surface area contributed by atoms with Crippen LogP contribution in [0.25, 0.3) is 10.8 Å². The zero-order valence-electron chi connectivity index (χ0n) is 25.5. The normalized spacial score (nSPS) is 12.9. The van der Waals surface area contributed by atoms with Gasteiger partial charge in [0.1, 0.15) is 17.7 Å². The van der Waals surface area contributed by atoms with Crippen molar-refractivity contribution in [1.29, 1.82) is 0 Å². The fourth-order valence-corrected chi connectivity index (χ4v) is 4.80. The summed E-state index contributed by atoms with van der Waals surface area (Å²) in [4.78, 5) is 54.3. The van der Waals surface area contributed by atoms with Crippen LogP contribution in [0.1, 0.15) is 70.2 Å². The molecular weight excluding hydrogens is 532 g/mol. The standard InChI is InChI=1S/C33H42N4O5/c1-20(2)37(31(40)27(16-17-28(34)38)36-32(41)42-33(5,6)7)29(26-18-21(3)12-13-22(26)4)30(39)35-25-15-14-23-10-8-9-11-24(23)19-25/h8-15,18-20,27,29H,16-17H2,1-7H3,(H2,34,38)(H,35,39)(H,36,41). The Balaban J connectivity index is 2.06. The highest BCUT2D eigenvalue weighted by Gasteiger charge is 2.38. The number of benzene rings is 3. The van der Waals surface area contributed by atoms with Crippen molar-refractivity contribution in [3.8, 4) is 0 Å². The fourth-order valence-electron chi connectivity index (χ4n) is 4.80. The molecule has 0 spiro atoms. The predicted octanol–water partition coefficient (Wildman–Crippen LogP) is 5.53. The predicted molar refractivity (Wildman–Crippen MR) is 165 cm³/mol. The fraction of sp³-hybridized carbons (Fsp3) is 0.394. The van der Waals surface area contributed by atoms with Gasteiger partial charge in [0.15, 0.2) is 0 Å². The van der Waals surface area contributed by atoms with E-state index < -0.39 is 47.5 Å². The molecule has 3 rings (SSSR count). The molecule has 0 aliphatic heterocycles. The molecule has 0 bridgehead atoms. The van der Waals surface area contributed by atoms with Crippen LogP contribution in [0.4, 0.5) is 10.5 Å². The van der Waals surface area contributed by atoms with Crippen molar-refractivity contribution < 1.29 is 23.9 Å². The first-order valence-corrected chi connectivity index (χ1v) is 14.1. The van der Waals surface area contributed by atoms with Gasteiger partial charge in [-0.25, -0.2) is 4.79 Å². The maximum atomic E-state index is 14.3. The van der Waals surface area contributed by atoms with Crippen molar-refractivity contribution in [3.63, 3.8) is 0 Å². The molecule has 0 saturated heterocycles. The van der Waals surface area contributed by atoms with Crippen LogP contribution in [0.5, 0.6) is 0 Å². The van der Waals surface area contributed by atoms with Gasteiger partial charge < -0.3 is 26.0 Å². The molecule has 0 radical (unpaired) electrons. The van der Waals surface area contributed by atoms with E-state index in [1.165, 1.54) is 4.90 Å². The molecule has 224 valence electrons. The van der Waals surface area contributed by atoms with Crippen molar-refractivity contribution in [2.75, 3.05) is 5.32 Å². The van der Waals surface area contributed by atoms with E-state index >= 15 is 0 Å². The molecule has 3 aromatic carbocycles. The van der Waals surface area contributed by atoms with E-state index in [0.29, 0.717) is 11.3 Å². The Morgan fingerprint density at radius 1 is 0.929 bits per heavy atom. The largest absolute Gasteiger partial charge is 0.444 e. The van der Waals surface area contributed by atoms with E-state index in [-0.39, 0.29) is 12.8 Å². The number of alkyl carbamates (subject to hydrolysis) is 1. The SMILES string of the molecule is Cc1ccc(C)c(C(C(=O)Nc2ccc3ccccc3c2)N(C(=O)C(CCC(N)=O)NC(=O)OC(C)(C)C)C(C)C)c1. The average Bonchev–Trinajstić information content (AvgIpc) is 2.89. The maximum Gasteiger partial charge on any atom is 0.408 e. The van der Waals surface area contributed by atoms with E-state index in [9.17, 15) is 19.2 Å². The number of hydrogen-bond acceptors (Lipinski definition) is 5. The molecule has 2 atom stereocenters. The molecular formula is C33H42N4O5. The lowest BCUT2D eigenvalue weighted by molar-refractivity contribution is -0.143. The monoisotopic (exact) mass is 574 g/mol. The highest BCUT2D eigenvalue weighted by Crippen LogP contribution is 2.30. The molecule has 4 amide bonds. The van der Waals surface area contributed by atoms with Crippen molar-refractivity contribution in [2.24, 2.45) is 5.73 Å². The summed E-state index contributed by atoms with van der Waals surface area (Å²) in [5.41, 5.74) is 7.58. The van der Waals surface area contributed by atoms with E-state index in [1.807, 2.05) is 74.5 Å². The summed E-state index contributed by atoms with van der Waals surface area (Å²) in [6.07, 6.45) is -1.00. The lowest BCUT2D eigenvalue weighted by atomic mass is 9.94. The lowest BCUT2D eigenvalue weighted by Crippen LogP contribution is -2.54. The number of carbonyl (C=O) groups excluding carboxylic acids is 4. The number of carbonyl (C=O) groups is 4. The number of fused-ring (bicyclic) bond motifs is 1. The average molecular weight is 575 g/mol. The van der Waals surface area contributed by atoms with Crippen molar-refractivity contribution in [3.05, 3.63) is 77.4 Å². The molecule has 0 heterocycles. The van der Waals surface area contributed by atoms with Crippen LogP contribution >= 0.6 is 0 Å². The van der Waals surface area contributed by atoms with Crippen LogP contribution in [0.3, 0.4) is 0 Å². The number of hydrogen-bond donors (Lipinski definition) is 3. The summed E-state index contributed by atoms with van der Waals surface area (Å²) in [6, 6.07) is 16.5. The summed E-state index contributed by atoms with van der Waals surface area (Å²) in [6.45, 7) is 12.5. The van der Waals surface area contributed by atoms with Gasteiger partial charge in [-0.15, -0.1) is 0 Å². The minimum Gasteiger partial charge on any atom is -0.444 e. The van der Waals surface area contributed by atoms with E-state index in [2.05, 4.69) is 10.6 Å². The molecule has 2 unspecified atom stereocenters. The van der Waals surface area contributed by atoms with Gasteiger partial charge in [-0.2, -0.15) is 0 Å². The van der Waals surface area contributed by atoms with Gasteiger partial charge in [-0.3, -0.25) is 14.4 Å². The van der Waals surface area contributed by atoms with Crippen molar-refractivity contribution in [2.45, 2.75) is 85.0 Å². The molecule has 9 heteroatoms. The topological polar surface area (TPSA) is 131 Å². The van der Waals surface area contributed by atoms with Crippen LogP contribution in [-0.2, 0) is 19.1 Å². The molecule has 42 heavy (non-hydrogen) atoms. The van der Waals surface area contributed by atoms with Crippen molar-refractivity contribution in [1.82, 2.24) is 10.2 Å². The first-order chi connectivity index (χ1) is 19.7. The van der Waals surface area contributed by atoms with Crippen molar-refractivity contribution >= 4 is 40.3 Å². The third kappa shape index (κ3) is 8.55. The molecule has 0 aliphatic rings. The lowest BCUT2D eigenvalue weighted by Gasteiger charge is -2.37. The van der Waals surface area contributed by atoms with Crippen LogP contribution in [0, 0.1) is 13.8 Å². The smallest absolute Gasteiger partial charge is 0.408 e. The number of nitrogens with two attached hydrogens (primary N) is 1. The van der Waals surface area contributed by atoms with Gasteiger partial charge in [-0.05, 0) is 88.9 Å². The van der Waals surface area contributed by atoms with E-state index in [0.717, 1.165) is 21.9 Å². The summed E-state index contributed by atoms with van der Waals surface area (Å²) >= 11 is 0. The Morgan fingerprint density at radius 2 is 1.60 bits per heavy atom. The highest BCUT2D eigenvalue weighted by atomic mass is 16.6. The van der Waals surface area contributed by atoms with Crippen LogP contribution in [0.2, 0.25) is 0 Å². The summed E-state index contributed by atoms with van der Waals surface area (Å²) < 4.78 is 5.39. The van der Waals surface area contributed by atoms with Gasteiger partial charge in [-0.1, -0.05) is 54.1 Å². The summed E-state index contributed by atoms with van der Waals surface area (Å²) in [7, 11) is 0. The molecule has 9 nitrogen and oxygen atoms in total. The summed E-state index contributed by atoms with van der Waals surface area (Å²) in [5, 5.41) is 7.62. The third-order valence-electron chi connectivity index (χ3n) is 6.75. The molecule has 0 fully saturated rings. The van der Waals surface area contributed by atoms with Crippen LogP contribution < -0.4 is 16.4 Å². The second-order valence-electron chi connectivity index (χ2n) is 11.9. The Morgan fingerprint density at radius 3 is 2.21 bits per heavy atom. The molecule has 4 N–H and O–H groups in total. The van der Waals surface area contributed by atoms with Gasteiger partial charge in [0.25, 0.3) is 5.91 Å². The highest BCUT2D eigenvalue weighted by molar-refractivity contribution is 6.00. The zero-order valence-corrected chi connectivity index (χ0v) is 25.5. The van der Waals surface area contributed by atoms with Gasteiger partial charge in [0.2, 0.25) is 11.8 Å². The Bertz CT molecular complexity index is 1460. The molecule has 0 aromatic heterocycles. The number of primary amides is 1. The molecule has 3 aromatic rings. The zero-order chi connectivity index (χ0) is 31.2. The van der Waals surface area contributed by atoms with Crippen LogP contribution in [-0.4, -0.2) is 46.4 Å².